The maximum Gasteiger partial charge on any atom is 0.0872 e. The second-order valence-electron chi connectivity index (χ2n) is 2.54. The molecule has 0 spiro atoms. The van der Waals surface area contributed by atoms with Crippen LogP contribution in [-0.2, 0) is 0 Å². The van der Waals surface area contributed by atoms with Crippen molar-refractivity contribution in [3.05, 3.63) is 23.5 Å². The van der Waals surface area contributed by atoms with Crippen LogP contribution in [0.1, 0.15) is 17.8 Å². The molecule has 0 aliphatic carbocycles. The van der Waals surface area contributed by atoms with Crippen molar-refractivity contribution in [1.82, 2.24) is 9.89 Å². The summed E-state index contributed by atoms with van der Waals surface area (Å²) in [5, 5.41) is 8.30. The molecule has 2 rings (SSSR count). The number of rotatable bonds is 0. The molecule has 0 radical (unpaired) electrons. The van der Waals surface area contributed by atoms with Crippen molar-refractivity contribution in [2.75, 3.05) is 0 Å². The lowest BCUT2D eigenvalue weighted by atomic mass is 10.3. The molecule has 1 aromatic heterocycles. The maximum atomic E-state index is 4.18. The lowest BCUT2D eigenvalue weighted by Crippen LogP contribution is -1.92. The number of hydrogen-bond donors (Lipinski definition) is 0. The number of hydrogen-bond acceptors (Lipinski definition) is 2. The first-order valence-electron chi connectivity index (χ1n) is 3.62. The van der Waals surface area contributed by atoms with Gasteiger partial charge in [-0.3, -0.25) is 0 Å². The van der Waals surface area contributed by atoms with Gasteiger partial charge in [0.1, 0.15) is 0 Å². The van der Waals surface area contributed by atoms with Gasteiger partial charge in [0.15, 0.2) is 0 Å². The van der Waals surface area contributed by atoms with Gasteiger partial charge in [0.2, 0.25) is 0 Å². The van der Waals surface area contributed by atoms with Crippen LogP contribution >= 0.6 is 0 Å². The summed E-state index contributed by atoms with van der Waals surface area (Å²) in [5.74, 6) is 0. The third-order valence-electron chi connectivity index (χ3n) is 1.56. The molecule has 0 N–H and O–H groups in total. The summed E-state index contributed by atoms with van der Waals surface area (Å²) in [6.07, 6.45) is 6.85. The molecule has 0 saturated carbocycles. The second-order valence-corrected chi connectivity index (χ2v) is 2.54. The molecule has 0 bridgehead atoms. The van der Waals surface area contributed by atoms with Crippen molar-refractivity contribution < 1.29 is 0 Å². The summed E-state index contributed by atoms with van der Waals surface area (Å²) in [7, 11) is 0. The predicted octanol–water partition coefficient (Wildman–Crippen LogP) is 1.44. The van der Waals surface area contributed by atoms with Crippen LogP contribution < -0.4 is 0 Å². The Morgan fingerprint density at radius 2 is 2.45 bits per heavy atom. The molecule has 3 heteroatoms. The van der Waals surface area contributed by atoms with Crippen LogP contribution in [-0.4, -0.2) is 16.1 Å². The molecule has 11 heavy (non-hydrogen) atoms. The van der Waals surface area contributed by atoms with Gasteiger partial charge in [-0.25, -0.2) is 0 Å². The summed E-state index contributed by atoms with van der Waals surface area (Å²) >= 11 is 0. The van der Waals surface area contributed by atoms with E-state index in [1.165, 1.54) is 0 Å². The Labute approximate surface area is 65.0 Å². The van der Waals surface area contributed by atoms with Crippen LogP contribution in [0.3, 0.4) is 0 Å². The fourth-order valence-corrected chi connectivity index (χ4v) is 1.09. The highest BCUT2D eigenvalue weighted by Crippen LogP contribution is 2.07. The first-order chi connectivity index (χ1) is 5.36. The Kier molecular flexibility index (Phi) is 1.35. The molecule has 0 fully saturated rings. The molecule has 2 heterocycles. The molecule has 1 aliphatic heterocycles. The lowest BCUT2D eigenvalue weighted by Gasteiger charge is -1.90. The molecular weight excluding hydrogens is 138 g/mol. The Morgan fingerprint density at radius 1 is 1.55 bits per heavy atom. The van der Waals surface area contributed by atoms with Gasteiger partial charge in [0.05, 0.1) is 11.4 Å². The van der Waals surface area contributed by atoms with E-state index in [1.54, 1.807) is 4.79 Å². The lowest BCUT2D eigenvalue weighted by molar-refractivity contribution is 0.728. The second kappa shape index (κ2) is 2.34. The van der Waals surface area contributed by atoms with Gasteiger partial charge in [-0.2, -0.15) is 15.0 Å². The third kappa shape index (κ3) is 1.09. The highest BCUT2D eigenvalue weighted by molar-refractivity contribution is 5.64. The van der Waals surface area contributed by atoms with E-state index in [4.69, 9.17) is 0 Å². The van der Waals surface area contributed by atoms with Crippen molar-refractivity contribution >= 4 is 12.3 Å². The number of nitrogens with zero attached hydrogens (tertiary/aromatic N) is 3. The Bertz CT molecular complexity index is 291. The quantitative estimate of drug-likeness (QED) is 0.546. The molecule has 0 atom stereocenters. The minimum absolute atomic E-state index is 0.891. The SMILES string of the molecule is Cc1cc2n(n1)N=CCC=C2. The number of fused-ring (bicyclic) bond motifs is 1. The van der Waals surface area contributed by atoms with Gasteiger partial charge in [0, 0.05) is 12.6 Å². The largest absolute Gasteiger partial charge is 0.163 e. The summed E-state index contributed by atoms with van der Waals surface area (Å²) in [4.78, 5) is 1.65. The highest BCUT2D eigenvalue weighted by Gasteiger charge is 2.00. The van der Waals surface area contributed by atoms with Gasteiger partial charge in [0.25, 0.3) is 0 Å². The Morgan fingerprint density at radius 3 is 3.36 bits per heavy atom. The van der Waals surface area contributed by atoms with E-state index in [0.29, 0.717) is 0 Å². The fourth-order valence-electron chi connectivity index (χ4n) is 1.09. The third-order valence-corrected chi connectivity index (χ3v) is 1.56. The monoisotopic (exact) mass is 147 g/mol. The zero-order valence-electron chi connectivity index (χ0n) is 6.36. The Hall–Kier alpha value is -1.38. The first kappa shape index (κ1) is 6.34. The van der Waals surface area contributed by atoms with E-state index in [1.807, 2.05) is 25.3 Å². The van der Waals surface area contributed by atoms with E-state index < -0.39 is 0 Å². The van der Waals surface area contributed by atoms with Crippen molar-refractivity contribution in [2.45, 2.75) is 13.3 Å². The molecule has 1 aliphatic rings. The van der Waals surface area contributed by atoms with Gasteiger partial charge in [-0.05, 0) is 19.1 Å². The predicted molar refractivity (Wildman–Crippen MR) is 44.5 cm³/mol. The zero-order valence-corrected chi connectivity index (χ0v) is 6.36. The van der Waals surface area contributed by atoms with E-state index in [9.17, 15) is 0 Å². The highest BCUT2D eigenvalue weighted by atomic mass is 15.5. The smallest absolute Gasteiger partial charge is 0.0872 e. The number of allylic oxidation sites excluding steroid dienone is 1. The van der Waals surface area contributed by atoms with E-state index in [2.05, 4.69) is 16.3 Å². The normalized spacial score (nSPS) is 14.6. The van der Waals surface area contributed by atoms with Crippen molar-refractivity contribution in [3.8, 4) is 0 Å². The molecule has 1 aromatic rings. The maximum absolute atomic E-state index is 4.18. The minimum Gasteiger partial charge on any atom is -0.163 e. The van der Waals surface area contributed by atoms with E-state index in [0.717, 1.165) is 17.8 Å². The number of aryl methyl sites for hydroxylation is 1. The van der Waals surface area contributed by atoms with Crippen LogP contribution in [0.25, 0.3) is 6.08 Å². The molecule has 3 nitrogen and oxygen atoms in total. The first-order valence-corrected chi connectivity index (χ1v) is 3.62. The average Bonchev–Trinajstić information content (AvgIpc) is 2.17. The standard InChI is InChI=1S/C8H9N3/c1-7-6-8-4-2-3-5-9-11(8)10-7/h2,4-6H,3H2,1H3. The van der Waals surface area contributed by atoms with E-state index in [-0.39, 0.29) is 0 Å². The van der Waals surface area contributed by atoms with Crippen molar-refractivity contribution in [3.63, 3.8) is 0 Å². The van der Waals surface area contributed by atoms with Crippen LogP contribution in [0.5, 0.6) is 0 Å². The topological polar surface area (TPSA) is 30.2 Å². The molecular formula is C8H9N3. The van der Waals surface area contributed by atoms with Crippen molar-refractivity contribution in [1.29, 1.82) is 0 Å². The summed E-state index contributed by atoms with van der Waals surface area (Å²) in [5.41, 5.74) is 2.06. The molecule has 0 unspecified atom stereocenters. The molecule has 0 aromatic carbocycles. The average molecular weight is 147 g/mol. The Balaban J connectivity index is 2.56. The van der Waals surface area contributed by atoms with Gasteiger partial charge in [-0.15, -0.1) is 0 Å². The van der Waals surface area contributed by atoms with Gasteiger partial charge in [-0.1, -0.05) is 6.08 Å². The van der Waals surface area contributed by atoms with Crippen LogP contribution in [0, 0.1) is 6.92 Å². The minimum atomic E-state index is 0.891. The molecule has 0 amide bonds. The van der Waals surface area contributed by atoms with Gasteiger partial charge < -0.3 is 0 Å². The number of aromatic nitrogens is 2. The van der Waals surface area contributed by atoms with Crippen molar-refractivity contribution in [2.24, 2.45) is 5.10 Å². The summed E-state index contributed by atoms with van der Waals surface area (Å²) < 4.78 is 0. The van der Waals surface area contributed by atoms with Crippen LogP contribution in [0.4, 0.5) is 0 Å². The fraction of sp³-hybridized carbons (Fsp3) is 0.250. The summed E-state index contributed by atoms with van der Waals surface area (Å²) in [6, 6.07) is 2.01. The van der Waals surface area contributed by atoms with E-state index >= 15 is 0 Å². The molecule has 56 valence electrons. The molecule has 0 saturated heterocycles. The van der Waals surface area contributed by atoms with Crippen LogP contribution in [0.15, 0.2) is 17.2 Å². The van der Waals surface area contributed by atoms with Crippen LogP contribution in [0.2, 0.25) is 0 Å². The zero-order chi connectivity index (χ0) is 7.68. The summed E-state index contributed by atoms with van der Waals surface area (Å²) in [6.45, 7) is 1.96. The van der Waals surface area contributed by atoms with Gasteiger partial charge >= 0.3 is 0 Å².